The molecule has 0 heterocycles. The highest BCUT2D eigenvalue weighted by atomic mass is 35.5. The molecule has 146 valence electrons. The van der Waals surface area contributed by atoms with E-state index in [1.54, 1.807) is 0 Å². The molecular formula is C14H10ClF4N3O4S. The Hall–Kier alpha value is -2.57. The molecule has 0 saturated carbocycles. The lowest BCUT2D eigenvalue weighted by atomic mass is 10.2. The monoisotopic (exact) mass is 427 g/mol. The number of amides is 1. The van der Waals surface area contributed by atoms with Gasteiger partial charge in [0.05, 0.1) is 4.90 Å². The van der Waals surface area contributed by atoms with Crippen molar-refractivity contribution in [3.63, 3.8) is 0 Å². The van der Waals surface area contributed by atoms with Crippen molar-refractivity contribution in [2.75, 3.05) is 22.0 Å². The van der Waals surface area contributed by atoms with Crippen LogP contribution in [0.5, 0.6) is 0 Å². The third-order valence-electron chi connectivity index (χ3n) is 3.07. The van der Waals surface area contributed by atoms with Crippen LogP contribution in [0.1, 0.15) is 0 Å². The Balaban J connectivity index is 2.26. The first-order chi connectivity index (χ1) is 12.5. The quantitative estimate of drug-likeness (QED) is 0.244. The molecule has 27 heavy (non-hydrogen) atoms. The standard InChI is InChI=1S/C14H10ClF4N3O4S/c15-5-12(23)20-6-1-8(16)13(9(17)2-6)21-22-14-10(18)3-7(4-11(14)19)27(24,25)26/h1-4,21-22H,5H2,(H,20,23)(H,24,25,26). The van der Waals surface area contributed by atoms with Gasteiger partial charge >= 0.3 is 0 Å². The number of alkyl halides is 1. The summed E-state index contributed by atoms with van der Waals surface area (Å²) in [6.07, 6.45) is 0. The van der Waals surface area contributed by atoms with Gasteiger partial charge in [-0.1, -0.05) is 0 Å². The van der Waals surface area contributed by atoms with Crippen molar-refractivity contribution in [3.05, 3.63) is 47.5 Å². The molecule has 2 aromatic carbocycles. The Morgan fingerprint density at radius 1 is 0.926 bits per heavy atom. The first-order valence-corrected chi connectivity index (χ1v) is 8.83. The van der Waals surface area contributed by atoms with Crippen LogP contribution in [-0.4, -0.2) is 24.8 Å². The van der Waals surface area contributed by atoms with Crippen LogP contribution in [0, 0.1) is 23.3 Å². The van der Waals surface area contributed by atoms with Crippen molar-refractivity contribution < 1.29 is 35.3 Å². The van der Waals surface area contributed by atoms with Crippen LogP contribution >= 0.6 is 11.6 Å². The zero-order valence-corrected chi connectivity index (χ0v) is 14.6. The number of carbonyl (C=O) groups excluding carboxylic acids is 1. The van der Waals surface area contributed by atoms with Gasteiger partial charge in [-0.2, -0.15) is 8.42 Å². The Morgan fingerprint density at radius 2 is 1.33 bits per heavy atom. The fourth-order valence-corrected chi connectivity index (χ4v) is 2.47. The predicted molar refractivity (Wildman–Crippen MR) is 89.1 cm³/mol. The minimum absolute atomic E-state index is 0.240. The second-order valence-corrected chi connectivity index (χ2v) is 6.67. The maximum absolute atomic E-state index is 14.0. The first-order valence-electron chi connectivity index (χ1n) is 6.86. The van der Waals surface area contributed by atoms with Crippen molar-refractivity contribution in [1.82, 2.24) is 0 Å². The highest BCUT2D eigenvalue weighted by Gasteiger charge is 2.19. The minimum Gasteiger partial charge on any atom is -0.325 e. The Morgan fingerprint density at radius 3 is 1.70 bits per heavy atom. The van der Waals surface area contributed by atoms with Gasteiger partial charge in [-0.25, -0.2) is 17.6 Å². The molecule has 0 spiro atoms. The molecule has 7 nitrogen and oxygen atoms in total. The molecule has 0 saturated heterocycles. The minimum atomic E-state index is -4.85. The van der Waals surface area contributed by atoms with Crippen molar-refractivity contribution in [3.8, 4) is 0 Å². The van der Waals surface area contributed by atoms with Crippen LogP contribution in [0.3, 0.4) is 0 Å². The van der Waals surface area contributed by atoms with Gasteiger partial charge in [0.1, 0.15) is 17.3 Å². The van der Waals surface area contributed by atoms with E-state index in [9.17, 15) is 30.8 Å². The zero-order chi connectivity index (χ0) is 20.4. The van der Waals surface area contributed by atoms with E-state index in [4.69, 9.17) is 16.2 Å². The molecule has 2 rings (SSSR count). The van der Waals surface area contributed by atoms with Crippen LogP contribution in [0.4, 0.5) is 34.6 Å². The molecular weight excluding hydrogens is 418 g/mol. The molecule has 0 radical (unpaired) electrons. The summed E-state index contributed by atoms with van der Waals surface area (Å²) in [6, 6.07) is 2.07. The highest BCUT2D eigenvalue weighted by molar-refractivity contribution is 7.85. The summed E-state index contributed by atoms with van der Waals surface area (Å²) in [5, 5.41) is 2.11. The average Bonchev–Trinajstić information content (AvgIpc) is 2.54. The van der Waals surface area contributed by atoms with E-state index in [0.717, 1.165) is 12.1 Å². The molecule has 0 aliphatic heterocycles. The number of carbonyl (C=O) groups is 1. The van der Waals surface area contributed by atoms with Gasteiger partial charge in [-0.15, -0.1) is 11.6 Å². The third-order valence-corrected chi connectivity index (χ3v) is 4.15. The number of hydrazine groups is 1. The van der Waals surface area contributed by atoms with E-state index < -0.39 is 61.4 Å². The van der Waals surface area contributed by atoms with E-state index in [1.165, 1.54) is 0 Å². The Kier molecular flexibility index (Phi) is 6.13. The molecule has 0 aromatic heterocycles. The van der Waals surface area contributed by atoms with Gasteiger partial charge in [0.25, 0.3) is 10.1 Å². The fraction of sp³-hybridized carbons (Fsp3) is 0.0714. The SMILES string of the molecule is O=C(CCl)Nc1cc(F)c(NNc2c(F)cc(S(=O)(=O)O)cc2F)c(F)c1. The summed E-state index contributed by atoms with van der Waals surface area (Å²) in [5.74, 6) is -6.50. The van der Waals surface area contributed by atoms with Crippen LogP contribution in [-0.2, 0) is 14.9 Å². The molecule has 0 aliphatic rings. The molecule has 0 fully saturated rings. The number of anilines is 3. The van der Waals surface area contributed by atoms with E-state index in [2.05, 4.69) is 5.32 Å². The van der Waals surface area contributed by atoms with Crippen LogP contribution in [0.25, 0.3) is 0 Å². The van der Waals surface area contributed by atoms with Gasteiger partial charge in [-0.05, 0) is 24.3 Å². The summed E-state index contributed by atoms with van der Waals surface area (Å²) in [6.45, 7) is 0. The van der Waals surface area contributed by atoms with Crippen molar-refractivity contribution in [2.24, 2.45) is 0 Å². The van der Waals surface area contributed by atoms with E-state index in [1.807, 2.05) is 10.9 Å². The largest absolute Gasteiger partial charge is 0.325 e. The Labute approximate surface area is 155 Å². The second-order valence-electron chi connectivity index (χ2n) is 4.98. The number of hydrogen-bond acceptors (Lipinski definition) is 5. The van der Waals surface area contributed by atoms with Gasteiger partial charge in [0.2, 0.25) is 5.91 Å². The summed E-state index contributed by atoms with van der Waals surface area (Å²) >= 11 is 5.25. The number of nitrogens with one attached hydrogen (secondary N) is 3. The fourth-order valence-electron chi connectivity index (χ4n) is 1.90. The van der Waals surface area contributed by atoms with Crippen LogP contribution in [0.15, 0.2) is 29.2 Å². The topological polar surface area (TPSA) is 108 Å². The van der Waals surface area contributed by atoms with E-state index in [-0.39, 0.29) is 5.69 Å². The van der Waals surface area contributed by atoms with Gasteiger partial charge in [-0.3, -0.25) is 20.2 Å². The Bertz CT molecular complexity index is 958. The molecule has 1 amide bonds. The van der Waals surface area contributed by atoms with Crippen LogP contribution < -0.4 is 16.2 Å². The summed E-state index contributed by atoms with van der Waals surface area (Å²) < 4.78 is 86.2. The van der Waals surface area contributed by atoms with Crippen molar-refractivity contribution >= 4 is 44.7 Å². The van der Waals surface area contributed by atoms with Gasteiger partial charge in [0.15, 0.2) is 23.3 Å². The van der Waals surface area contributed by atoms with Crippen molar-refractivity contribution in [1.29, 1.82) is 0 Å². The number of benzene rings is 2. The summed E-state index contributed by atoms with van der Waals surface area (Å²) in [7, 11) is -4.85. The molecule has 0 atom stereocenters. The van der Waals surface area contributed by atoms with Gasteiger partial charge < -0.3 is 5.32 Å². The van der Waals surface area contributed by atoms with Gasteiger partial charge in [0, 0.05) is 5.69 Å². The predicted octanol–water partition coefficient (Wildman–Crippen LogP) is 3.11. The highest BCUT2D eigenvalue weighted by Crippen LogP contribution is 2.26. The lowest BCUT2D eigenvalue weighted by Gasteiger charge is -2.14. The van der Waals surface area contributed by atoms with E-state index in [0.29, 0.717) is 12.1 Å². The maximum Gasteiger partial charge on any atom is 0.294 e. The average molecular weight is 428 g/mol. The smallest absolute Gasteiger partial charge is 0.294 e. The summed E-state index contributed by atoms with van der Waals surface area (Å²) in [4.78, 5) is 10.1. The van der Waals surface area contributed by atoms with E-state index >= 15 is 0 Å². The van der Waals surface area contributed by atoms with Crippen molar-refractivity contribution in [2.45, 2.75) is 4.90 Å². The molecule has 2 aromatic rings. The molecule has 0 unspecified atom stereocenters. The first kappa shape index (κ1) is 20.7. The zero-order valence-electron chi connectivity index (χ0n) is 13.0. The normalized spacial score (nSPS) is 11.2. The number of rotatable bonds is 6. The molecule has 0 bridgehead atoms. The number of hydrogen-bond donors (Lipinski definition) is 4. The molecule has 0 aliphatic carbocycles. The molecule has 13 heteroatoms. The maximum atomic E-state index is 14.0. The second kappa shape index (κ2) is 7.98. The lowest BCUT2D eigenvalue weighted by Crippen LogP contribution is -2.16. The van der Waals surface area contributed by atoms with Crippen LogP contribution in [0.2, 0.25) is 0 Å². The lowest BCUT2D eigenvalue weighted by molar-refractivity contribution is -0.113. The third kappa shape index (κ3) is 4.99. The summed E-state index contributed by atoms with van der Waals surface area (Å²) in [5.41, 5.74) is 1.73. The molecule has 4 N–H and O–H groups in total. The number of halogens is 5.